The predicted molar refractivity (Wildman–Crippen MR) is 111 cm³/mol. The molecule has 0 radical (unpaired) electrons. The number of morpholine rings is 1. The second-order valence-corrected chi connectivity index (χ2v) is 9.68. The van der Waals surface area contributed by atoms with Crippen LogP contribution in [0.1, 0.15) is 26.3 Å². The molecule has 1 atom stereocenters. The van der Waals surface area contributed by atoms with Crippen molar-refractivity contribution in [3.8, 4) is 0 Å². The van der Waals surface area contributed by atoms with Crippen LogP contribution >= 0.6 is 11.6 Å². The molecule has 3 aromatic heterocycles. The average molecular weight is 422 g/mol. The van der Waals surface area contributed by atoms with E-state index < -0.39 is 16.1 Å². The van der Waals surface area contributed by atoms with Gasteiger partial charge in [-0.3, -0.25) is 0 Å². The van der Waals surface area contributed by atoms with Gasteiger partial charge in [0, 0.05) is 24.8 Å². The number of ether oxygens (including phenoxy) is 1. The highest BCUT2D eigenvalue weighted by atomic mass is 35.5. The molecule has 1 saturated heterocycles. The first-order chi connectivity index (χ1) is 13.3. The minimum Gasteiger partial charge on any atom is -0.591 e. The number of furan rings is 1. The number of pyridine rings is 1. The third kappa shape index (κ3) is 3.80. The Balaban J connectivity index is 1.78. The summed E-state index contributed by atoms with van der Waals surface area (Å²) in [6.07, 6.45) is 3.18. The molecule has 0 aromatic carbocycles. The highest BCUT2D eigenvalue weighted by Crippen LogP contribution is 2.33. The number of aromatic nitrogens is 3. The van der Waals surface area contributed by atoms with Gasteiger partial charge in [-0.15, -0.1) is 0 Å². The van der Waals surface area contributed by atoms with Gasteiger partial charge in [-0.2, -0.15) is 4.98 Å². The van der Waals surface area contributed by atoms with E-state index in [1.807, 2.05) is 26.8 Å². The molecule has 4 heterocycles. The van der Waals surface area contributed by atoms with Gasteiger partial charge in [0.25, 0.3) is 0 Å². The maximum atomic E-state index is 12.1. The van der Waals surface area contributed by atoms with Crippen molar-refractivity contribution in [1.82, 2.24) is 15.0 Å². The van der Waals surface area contributed by atoms with Gasteiger partial charge in [0.1, 0.15) is 21.6 Å². The van der Waals surface area contributed by atoms with E-state index in [9.17, 15) is 4.55 Å². The summed E-state index contributed by atoms with van der Waals surface area (Å²) in [4.78, 5) is 15.1. The van der Waals surface area contributed by atoms with Crippen LogP contribution in [-0.4, -0.2) is 56.8 Å². The molecular formula is C18H20ClN5O3S. The Kier molecular flexibility index (Phi) is 5.17. The largest absolute Gasteiger partial charge is 0.591 e. The van der Waals surface area contributed by atoms with E-state index in [1.165, 1.54) is 0 Å². The molecule has 1 aliphatic rings. The molecule has 10 heteroatoms. The van der Waals surface area contributed by atoms with E-state index in [-0.39, 0.29) is 5.28 Å². The fourth-order valence-corrected chi connectivity index (χ4v) is 3.53. The molecule has 0 spiro atoms. The van der Waals surface area contributed by atoms with Crippen LogP contribution in [0.5, 0.6) is 0 Å². The molecule has 0 saturated carbocycles. The zero-order chi connectivity index (χ0) is 19.9. The maximum absolute atomic E-state index is 12.1. The molecule has 1 aliphatic heterocycles. The fraction of sp³-hybridized carbons (Fsp3) is 0.444. The van der Waals surface area contributed by atoms with Gasteiger partial charge in [0.05, 0.1) is 24.8 Å². The van der Waals surface area contributed by atoms with Crippen molar-refractivity contribution in [2.75, 3.05) is 31.2 Å². The monoisotopic (exact) mass is 421 g/mol. The lowest BCUT2D eigenvalue weighted by molar-refractivity contribution is 0.122. The Hall–Kier alpha value is -1.94. The quantitative estimate of drug-likeness (QED) is 0.363. The molecule has 1 fully saturated rings. The minimum absolute atomic E-state index is 0.143. The van der Waals surface area contributed by atoms with Crippen LogP contribution in [-0.2, 0) is 16.1 Å². The van der Waals surface area contributed by atoms with Gasteiger partial charge in [-0.05, 0) is 38.4 Å². The van der Waals surface area contributed by atoms with E-state index in [0.29, 0.717) is 59.9 Å². The molecule has 0 unspecified atom stereocenters. The van der Waals surface area contributed by atoms with Gasteiger partial charge in [-0.25, -0.2) is 9.97 Å². The summed E-state index contributed by atoms with van der Waals surface area (Å²) in [5.41, 5.74) is 2.28. The smallest absolute Gasteiger partial charge is 0.229 e. The number of nitrogens with zero attached hydrogens (tertiary/aromatic N) is 5. The number of fused-ring (bicyclic) bond motifs is 3. The van der Waals surface area contributed by atoms with Crippen LogP contribution in [0.2, 0.25) is 5.28 Å². The normalized spacial score (nSPS) is 17.1. The van der Waals surface area contributed by atoms with Gasteiger partial charge in [-0.1, -0.05) is 4.40 Å². The summed E-state index contributed by atoms with van der Waals surface area (Å²) >= 11 is 4.84. The second kappa shape index (κ2) is 7.47. The first-order valence-corrected chi connectivity index (χ1v) is 10.4. The van der Waals surface area contributed by atoms with Gasteiger partial charge < -0.3 is 18.6 Å². The van der Waals surface area contributed by atoms with Crippen LogP contribution in [0.3, 0.4) is 0 Å². The summed E-state index contributed by atoms with van der Waals surface area (Å²) in [6.45, 7) is 8.25. The van der Waals surface area contributed by atoms with E-state index >= 15 is 0 Å². The highest BCUT2D eigenvalue weighted by molar-refractivity contribution is 7.91. The van der Waals surface area contributed by atoms with Crippen LogP contribution in [0, 0.1) is 0 Å². The SMILES string of the molecule is CC(C)(C)[S@@+]([O-])/N=C/c1cnc2oc3c(N4CCOCC4)nc(Cl)nc3c2c1. The summed E-state index contributed by atoms with van der Waals surface area (Å²) in [5, 5.41) is 0.851. The van der Waals surface area contributed by atoms with E-state index in [0.717, 1.165) is 0 Å². The number of anilines is 1. The van der Waals surface area contributed by atoms with Crippen molar-refractivity contribution in [1.29, 1.82) is 0 Å². The number of hydrogen-bond donors (Lipinski definition) is 0. The summed E-state index contributed by atoms with van der Waals surface area (Å²) < 4.78 is 27.2. The van der Waals surface area contributed by atoms with Crippen molar-refractivity contribution in [2.45, 2.75) is 25.5 Å². The first kappa shape index (κ1) is 19.4. The zero-order valence-electron chi connectivity index (χ0n) is 15.8. The van der Waals surface area contributed by atoms with Gasteiger partial charge in [0.15, 0.2) is 11.4 Å². The third-order valence-electron chi connectivity index (χ3n) is 4.28. The summed E-state index contributed by atoms with van der Waals surface area (Å²) in [6, 6.07) is 1.85. The van der Waals surface area contributed by atoms with Crippen LogP contribution in [0.15, 0.2) is 21.1 Å². The Morgan fingerprint density at radius 3 is 2.75 bits per heavy atom. The van der Waals surface area contributed by atoms with Crippen molar-refractivity contribution in [3.05, 3.63) is 23.1 Å². The maximum Gasteiger partial charge on any atom is 0.229 e. The van der Waals surface area contributed by atoms with E-state index in [2.05, 4.69) is 24.2 Å². The molecule has 148 valence electrons. The molecular weight excluding hydrogens is 402 g/mol. The predicted octanol–water partition coefficient (Wildman–Crippen LogP) is 3.14. The fourth-order valence-electron chi connectivity index (χ4n) is 2.83. The standard InChI is InChI=1S/C18H20ClN5O3S/c1-18(2,3)28(25)21-10-11-8-12-13-14(27-16(12)20-9-11)15(23-17(19)22-13)24-4-6-26-7-5-24/h8-10H,4-7H2,1-3H3/b21-10+/t28-/m1/s1. The van der Waals surface area contributed by atoms with Crippen LogP contribution in [0.25, 0.3) is 22.2 Å². The molecule has 0 bridgehead atoms. The Labute approximate surface area is 170 Å². The lowest BCUT2D eigenvalue weighted by atomic mass is 10.2. The molecule has 0 N–H and O–H groups in total. The average Bonchev–Trinajstić information content (AvgIpc) is 3.03. The minimum atomic E-state index is -1.35. The van der Waals surface area contributed by atoms with E-state index in [1.54, 1.807) is 12.4 Å². The van der Waals surface area contributed by atoms with Gasteiger partial charge >= 0.3 is 0 Å². The Morgan fingerprint density at radius 1 is 1.29 bits per heavy atom. The second-order valence-electron chi connectivity index (χ2n) is 7.41. The van der Waals surface area contributed by atoms with Crippen LogP contribution in [0.4, 0.5) is 5.82 Å². The Morgan fingerprint density at radius 2 is 2.04 bits per heavy atom. The van der Waals surface area contributed by atoms with Crippen molar-refractivity contribution in [3.63, 3.8) is 0 Å². The molecule has 4 rings (SSSR count). The first-order valence-electron chi connectivity index (χ1n) is 8.87. The molecule has 0 aliphatic carbocycles. The lowest BCUT2D eigenvalue weighted by Crippen LogP contribution is -2.36. The highest BCUT2D eigenvalue weighted by Gasteiger charge is 2.26. The lowest BCUT2D eigenvalue weighted by Gasteiger charge is -2.27. The van der Waals surface area contributed by atoms with Crippen molar-refractivity contribution < 1.29 is 13.7 Å². The molecule has 0 amide bonds. The van der Waals surface area contributed by atoms with Gasteiger partial charge in [0.2, 0.25) is 11.0 Å². The molecule has 28 heavy (non-hydrogen) atoms. The third-order valence-corrected chi connectivity index (χ3v) is 5.79. The van der Waals surface area contributed by atoms with Crippen LogP contribution < -0.4 is 4.90 Å². The van der Waals surface area contributed by atoms with E-state index in [4.69, 9.17) is 20.8 Å². The molecule has 3 aromatic rings. The number of hydrogen-bond acceptors (Lipinski definition) is 8. The topological polar surface area (TPSA) is 99.7 Å². The summed E-state index contributed by atoms with van der Waals surface area (Å²) in [7, 11) is 0. The number of rotatable bonds is 3. The Bertz CT molecular complexity index is 1040. The zero-order valence-corrected chi connectivity index (χ0v) is 17.4. The van der Waals surface area contributed by atoms with Crippen molar-refractivity contribution >= 4 is 57.2 Å². The summed E-state index contributed by atoms with van der Waals surface area (Å²) in [5.74, 6) is 0.639. The molecule has 8 nitrogen and oxygen atoms in total. The van der Waals surface area contributed by atoms with Crippen molar-refractivity contribution in [2.24, 2.45) is 4.40 Å². The number of halogens is 1.